The Morgan fingerprint density at radius 3 is 2.48 bits per heavy atom. The molecule has 0 aliphatic carbocycles. The highest BCUT2D eigenvalue weighted by molar-refractivity contribution is 7.89. The van der Waals surface area contributed by atoms with Crippen LogP contribution in [-0.4, -0.2) is 37.1 Å². The minimum Gasteiger partial charge on any atom is -0.337 e. The molecule has 0 saturated carbocycles. The molecule has 7 heteroatoms. The number of amides is 1. The number of benzene rings is 3. The zero-order valence-electron chi connectivity index (χ0n) is 17.2. The van der Waals surface area contributed by atoms with Gasteiger partial charge in [0.05, 0.1) is 4.90 Å². The second-order valence-corrected chi connectivity index (χ2v) is 9.58. The van der Waals surface area contributed by atoms with Gasteiger partial charge >= 0.3 is 0 Å². The van der Waals surface area contributed by atoms with E-state index in [9.17, 15) is 17.6 Å². The first-order chi connectivity index (χ1) is 14.9. The molecule has 1 aliphatic heterocycles. The standard InChI is InChI=1S/C24H23FN2O3S/c1-26(16-21-9-4-5-12-23(21)25)24(28)19-10-6-11-22(15-19)31(29,30)27-14-13-18-7-2-3-8-20(18)17-27/h2-12,15H,13-14,16-17H2,1H3. The van der Waals surface area contributed by atoms with Crippen LogP contribution < -0.4 is 0 Å². The van der Waals surface area contributed by atoms with E-state index in [4.69, 9.17) is 0 Å². The van der Waals surface area contributed by atoms with Crippen molar-refractivity contribution in [2.45, 2.75) is 24.4 Å². The van der Waals surface area contributed by atoms with Crippen LogP contribution in [0.5, 0.6) is 0 Å². The summed E-state index contributed by atoms with van der Waals surface area (Å²) in [4.78, 5) is 14.3. The number of hydrogen-bond donors (Lipinski definition) is 0. The lowest BCUT2D eigenvalue weighted by molar-refractivity contribution is 0.0783. The smallest absolute Gasteiger partial charge is 0.253 e. The van der Waals surface area contributed by atoms with Gasteiger partial charge in [-0.3, -0.25) is 4.79 Å². The molecule has 1 aliphatic rings. The first-order valence-electron chi connectivity index (χ1n) is 10.0. The SMILES string of the molecule is CN(Cc1ccccc1F)C(=O)c1cccc(S(=O)(=O)N2CCc3ccccc3C2)c1. The van der Waals surface area contributed by atoms with E-state index in [2.05, 4.69) is 0 Å². The van der Waals surface area contributed by atoms with Crippen LogP contribution in [0, 0.1) is 5.82 Å². The lowest BCUT2D eigenvalue weighted by atomic mass is 10.0. The van der Waals surface area contributed by atoms with Crippen LogP contribution in [0.4, 0.5) is 4.39 Å². The number of sulfonamides is 1. The maximum atomic E-state index is 13.9. The third-order valence-electron chi connectivity index (χ3n) is 5.53. The third-order valence-corrected chi connectivity index (χ3v) is 7.37. The largest absolute Gasteiger partial charge is 0.337 e. The van der Waals surface area contributed by atoms with Crippen LogP contribution in [0.2, 0.25) is 0 Å². The number of carbonyl (C=O) groups excluding carboxylic acids is 1. The van der Waals surface area contributed by atoms with E-state index in [0.29, 0.717) is 25.1 Å². The van der Waals surface area contributed by atoms with E-state index in [1.165, 1.54) is 27.4 Å². The first kappa shape index (κ1) is 21.2. The van der Waals surface area contributed by atoms with Crippen molar-refractivity contribution in [3.63, 3.8) is 0 Å². The van der Waals surface area contributed by atoms with Gasteiger partial charge in [-0.2, -0.15) is 4.31 Å². The fraction of sp³-hybridized carbons (Fsp3) is 0.208. The van der Waals surface area contributed by atoms with Gasteiger partial charge in [-0.15, -0.1) is 0 Å². The van der Waals surface area contributed by atoms with Gasteiger partial charge in [0.25, 0.3) is 5.91 Å². The van der Waals surface area contributed by atoms with Gasteiger partial charge in [-0.1, -0.05) is 48.5 Å². The molecule has 0 bridgehead atoms. The van der Waals surface area contributed by atoms with Crippen LogP contribution in [0.3, 0.4) is 0 Å². The van der Waals surface area contributed by atoms with Crippen LogP contribution in [0.1, 0.15) is 27.0 Å². The van der Waals surface area contributed by atoms with E-state index in [1.807, 2.05) is 24.3 Å². The maximum Gasteiger partial charge on any atom is 0.253 e. The Morgan fingerprint density at radius 2 is 1.71 bits per heavy atom. The van der Waals surface area contributed by atoms with Gasteiger partial charge in [0.2, 0.25) is 10.0 Å². The topological polar surface area (TPSA) is 57.7 Å². The van der Waals surface area contributed by atoms with Crippen molar-refractivity contribution in [1.29, 1.82) is 0 Å². The summed E-state index contributed by atoms with van der Waals surface area (Å²) in [6, 6.07) is 20.1. The third kappa shape index (κ3) is 4.38. The summed E-state index contributed by atoms with van der Waals surface area (Å²) in [6.45, 7) is 0.792. The van der Waals surface area contributed by atoms with Gasteiger partial charge in [0.15, 0.2) is 0 Å². The number of carbonyl (C=O) groups is 1. The Bertz CT molecular complexity index is 1230. The molecule has 0 unspecified atom stereocenters. The van der Waals surface area contributed by atoms with E-state index < -0.39 is 10.0 Å². The molecule has 3 aromatic carbocycles. The molecule has 0 fully saturated rings. The average Bonchev–Trinajstić information content (AvgIpc) is 2.79. The lowest BCUT2D eigenvalue weighted by Crippen LogP contribution is -2.36. The Kier molecular flexibility index (Phi) is 5.89. The Hall–Kier alpha value is -3.03. The molecule has 3 aromatic rings. The number of halogens is 1. The molecule has 31 heavy (non-hydrogen) atoms. The minimum absolute atomic E-state index is 0.0806. The van der Waals surface area contributed by atoms with E-state index in [-0.39, 0.29) is 28.7 Å². The van der Waals surface area contributed by atoms with Crippen molar-refractivity contribution in [3.8, 4) is 0 Å². The molecule has 1 heterocycles. The molecule has 0 spiro atoms. The predicted molar refractivity (Wildman–Crippen MR) is 116 cm³/mol. The van der Waals surface area contributed by atoms with E-state index >= 15 is 0 Å². The zero-order valence-corrected chi connectivity index (χ0v) is 18.0. The second-order valence-electron chi connectivity index (χ2n) is 7.64. The van der Waals surface area contributed by atoms with Crippen LogP contribution in [0.25, 0.3) is 0 Å². The van der Waals surface area contributed by atoms with E-state index in [0.717, 1.165) is 11.1 Å². The number of nitrogens with zero attached hydrogens (tertiary/aromatic N) is 2. The highest BCUT2D eigenvalue weighted by atomic mass is 32.2. The van der Waals surface area contributed by atoms with Crippen LogP contribution in [-0.2, 0) is 29.5 Å². The Labute approximate surface area is 181 Å². The number of hydrogen-bond acceptors (Lipinski definition) is 3. The summed E-state index contributed by atoms with van der Waals surface area (Å²) in [5.41, 5.74) is 2.80. The van der Waals surface area contributed by atoms with Crippen molar-refractivity contribution in [3.05, 3.63) is 101 Å². The van der Waals surface area contributed by atoms with Crippen molar-refractivity contribution in [2.75, 3.05) is 13.6 Å². The van der Waals surface area contributed by atoms with Gasteiger partial charge < -0.3 is 4.90 Å². The summed E-state index contributed by atoms with van der Waals surface area (Å²) >= 11 is 0. The fourth-order valence-electron chi connectivity index (χ4n) is 3.79. The monoisotopic (exact) mass is 438 g/mol. The van der Waals surface area contributed by atoms with Crippen molar-refractivity contribution in [2.24, 2.45) is 0 Å². The molecule has 0 radical (unpaired) electrons. The van der Waals surface area contributed by atoms with Crippen molar-refractivity contribution < 1.29 is 17.6 Å². The molecule has 0 N–H and O–H groups in total. The van der Waals surface area contributed by atoms with Gasteiger partial charge in [-0.25, -0.2) is 12.8 Å². The summed E-state index contributed by atoms with van der Waals surface area (Å²) in [6.07, 6.45) is 0.652. The Balaban J connectivity index is 1.55. The molecule has 0 atom stereocenters. The fourth-order valence-corrected chi connectivity index (χ4v) is 5.25. The molecular weight excluding hydrogens is 415 g/mol. The predicted octanol–water partition coefficient (Wildman–Crippen LogP) is 3.84. The molecule has 5 nitrogen and oxygen atoms in total. The van der Waals surface area contributed by atoms with Crippen LogP contribution in [0.15, 0.2) is 77.7 Å². The summed E-state index contributed by atoms with van der Waals surface area (Å²) in [7, 11) is -2.18. The zero-order chi connectivity index (χ0) is 22.0. The molecule has 0 aromatic heterocycles. The first-order valence-corrected chi connectivity index (χ1v) is 11.5. The average molecular weight is 439 g/mol. The highest BCUT2D eigenvalue weighted by Crippen LogP contribution is 2.25. The van der Waals surface area contributed by atoms with Gasteiger partial charge in [0.1, 0.15) is 5.82 Å². The summed E-state index contributed by atoms with van der Waals surface area (Å²) < 4.78 is 41.8. The molecular formula is C24H23FN2O3S. The summed E-state index contributed by atoms with van der Waals surface area (Å²) in [5, 5.41) is 0. The summed E-state index contributed by atoms with van der Waals surface area (Å²) in [5.74, 6) is -0.756. The van der Waals surface area contributed by atoms with Gasteiger partial charge in [-0.05, 0) is 41.8 Å². The van der Waals surface area contributed by atoms with Crippen LogP contribution >= 0.6 is 0 Å². The highest BCUT2D eigenvalue weighted by Gasteiger charge is 2.29. The molecule has 160 valence electrons. The molecule has 0 saturated heterocycles. The lowest BCUT2D eigenvalue weighted by Gasteiger charge is -2.28. The quantitative estimate of drug-likeness (QED) is 0.608. The minimum atomic E-state index is -3.75. The van der Waals surface area contributed by atoms with Crippen molar-refractivity contribution in [1.82, 2.24) is 9.21 Å². The number of rotatable bonds is 5. The maximum absolute atomic E-state index is 13.9. The van der Waals surface area contributed by atoms with E-state index in [1.54, 1.807) is 37.4 Å². The molecule has 4 rings (SSSR count). The second kappa shape index (κ2) is 8.61. The van der Waals surface area contributed by atoms with Crippen molar-refractivity contribution >= 4 is 15.9 Å². The normalized spacial score (nSPS) is 14.1. The molecule has 1 amide bonds. The number of fused-ring (bicyclic) bond motifs is 1. The Morgan fingerprint density at radius 1 is 1.00 bits per heavy atom. The van der Waals surface area contributed by atoms with Gasteiger partial charge in [0, 0.05) is 37.8 Å².